The summed E-state index contributed by atoms with van der Waals surface area (Å²) < 4.78 is 17.8. The molecule has 0 amide bonds. The van der Waals surface area contributed by atoms with Crippen molar-refractivity contribution in [3.63, 3.8) is 0 Å². The molecule has 0 unspecified atom stereocenters. The molecule has 0 saturated carbocycles. The SMILES string of the molecule is CCOc1ccc(-c2ccc(OCc3ccccc3)nc2OCc2ccccc2)cc1CN. The minimum atomic E-state index is 0.384. The third-order valence-electron chi connectivity index (χ3n) is 5.17. The first-order valence-electron chi connectivity index (χ1n) is 11.1. The van der Waals surface area contributed by atoms with E-state index in [2.05, 4.69) is 4.98 Å². The molecular formula is C28H28N2O3. The van der Waals surface area contributed by atoms with Gasteiger partial charge in [0.25, 0.3) is 0 Å². The van der Waals surface area contributed by atoms with Crippen molar-refractivity contribution in [3.05, 3.63) is 108 Å². The number of aromatic nitrogens is 1. The van der Waals surface area contributed by atoms with Gasteiger partial charge in [-0.25, -0.2) is 0 Å². The fourth-order valence-corrected chi connectivity index (χ4v) is 3.49. The highest BCUT2D eigenvalue weighted by molar-refractivity contribution is 5.70. The van der Waals surface area contributed by atoms with Crippen LogP contribution in [0.3, 0.4) is 0 Å². The van der Waals surface area contributed by atoms with E-state index in [4.69, 9.17) is 19.9 Å². The lowest BCUT2D eigenvalue weighted by Gasteiger charge is -2.15. The minimum Gasteiger partial charge on any atom is -0.494 e. The summed E-state index contributed by atoms with van der Waals surface area (Å²) in [4.78, 5) is 4.69. The van der Waals surface area contributed by atoms with Crippen molar-refractivity contribution < 1.29 is 14.2 Å². The van der Waals surface area contributed by atoms with Gasteiger partial charge in [0.15, 0.2) is 0 Å². The summed E-state index contributed by atoms with van der Waals surface area (Å²) in [5, 5.41) is 0. The molecule has 0 bridgehead atoms. The van der Waals surface area contributed by atoms with Gasteiger partial charge in [-0.05, 0) is 41.8 Å². The standard InChI is InChI=1S/C28H28N2O3/c1-2-31-26-15-13-23(17-24(26)18-29)25-14-16-27(32-19-21-9-5-3-6-10-21)30-28(25)33-20-22-11-7-4-8-12-22/h3-17H,2,18-20,29H2,1H3. The van der Waals surface area contributed by atoms with E-state index in [1.165, 1.54) is 0 Å². The molecule has 5 heteroatoms. The molecule has 4 rings (SSSR count). The van der Waals surface area contributed by atoms with Crippen LogP contribution in [0.15, 0.2) is 91.0 Å². The van der Waals surface area contributed by atoms with Gasteiger partial charge in [0.05, 0.1) is 6.61 Å². The number of pyridine rings is 1. The minimum absolute atomic E-state index is 0.384. The van der Waals surface area contributed by atoms with Crippen LogP contribution in [0.4, 0.5) is 0 Å². The van der Waals surface area contributed by atoms with Crippen LogP contribution in [0.5, 0.6) is 17.5 Å². The van der Waals surface area contributed by atoms with Crippen molar-refractivity contribution in [2.45, 2.75) is 26.7 Å². The smallest absolute Gasteiger partial charge is 0.225 e. The Morgan fingerprint density at radius 2 is 1.39 bits per heavy atom. The first kappa shape index (κ1) is 22.4. The number of nitrogens with two attached hydrogens (primary N) is 1. The molecule has 0 aliphatic rings. The highest BCUT2D eigenvalue weighted by Gasteiger charge is 2.13. The zero-order valence-electron chi connectivity index (χ0n) is 18.7. The van der Waals surface area contributed by atoms with E-state index in [-0.39, 0.29) is 0 Å². The van der Waals surface area contributed by atoms with Gasteiger partial charge in [-0.15, -0.1) is 0 Å². The summed E-state index contributed by atoms with van der Waals surface area (Å²) in [6.07, 6.45) is 0. The van der Waals surface area contributed by atoms with Crippen LogP contribution < -0.4 is 19.9 Å². The second kappa shape index (κ2) is 11.2. The van der Waals surface area contributed by atoms with Crippen LogP contribution in [0.2, 0.25) is 0 Å². The maximum Gasteiger partial charge on any atom is 0.225 e. The highest BCUT2D eigenvalue weighted by atomic mass is 16.5. The van der Waals surface area contributed by atoms with Crippen LogP contribution in [0.25, 0.3) is 11.1 Å². The third-order valence-corrected chi connectivity index (χ3v) is 5.17. The molecule has 0 saturated heterocycles. The highest BCUT2D eigenvalue weighted by Crippen LogP contribution is 2.34. The normalized spacial score (nSPS) is 10.6. The van der Waals surface area contributed by atoms with E-state index in [0.717, 1.165) is 33.6 Å². The Labute approximate surface area is 194 Å². The second-order valence-corrected chi connectivity index (χ2v) is 7.51. The van der Waals surface area contributed by atoms with Crippen LogP contribution in [-0.4, -0.2) is 11.6 Å². The maximum atomic E-state index is 6.17. The molecule has 2 N–H and O–H groups in total. The topological polar surface area (TPSA) is 66.6 Å². The Morgan fingerprint density at radius 1 is 0.727 bits per heavy atom. The Balaban J connectivity index is 1.63. The largest absolute Gasteiger partial charge is 0.494 e. The van der Waals surface area contributed by atoms with Crippen molar-refractivity contribution >= 4 is 0 Å². The number of nitrogens with zero attached hydrogens (tertiary/aromatic N) is 1. The lowest BCUT2D eigenvalue weighted by Crippen LogP contribution is -2.04. The van der Waals surface area contributed by atoms with Gasteiger partial charge in [0, 0.05) is 23.7 Å². The summed E-state index contributed by atoms with van der Waals surface area (Å²) in [6, 6.07) is 29.9. The number of rotatable bonds is 10. The van der Waals surface area contributed by atoms with Crippen molar-refractivity contribution in [1.82, 2.24) is 4.98 Å². The van der Waals surface area contributed by atoms with Gasteiger partial charge < -0.3 is 19.9 Å². The van der Waals surface area contributed by atoms with Crippen LogP contribution in [0.1, 0.15) is 23.6 Å². The molecule has 0 spiro atoms. The monoisotopic (exact) mass is 440 g/mol. The average molecular weight is 441 g/mol. The van der Waals surface area contributed by atoms with Crippen molar-refractivity contribution in [3.8, 4) is 28.6 Å². The summed E-state index contributed by atoms with van der Waals surface area (Å²) in [5.41, 5.74) is 10.9. The molecule has 33 heavy (non-hydrogen) atoms. The Morgan fingerprint density at radius 3 is 2.03 bits per heavy atom. The van der Waals surface area contributed by atoms with E-state index in [1.54, 1.807) is 0 Å². The first-order chi connectivity index (χ1) is 16.3. The summed E-state index contributed by atoms with van der Waals surface area (Å²) >= 11 is 0. The number of hydrogen-bond donors (Lipinski definition) is 1. The van der Waals surface area contributed by atoms with Crippen molar-refractivity contribution in [2.24, 2.45) is 5.73 Å². The van der Waals surface area contributed by atoms with Gasteiger partial charge in [-0.3, -0.25) is 0 Å². The molecule has 1 aromatic heterocycles. The lowest BCUT2D eigenvalue weighted by molar-refractivity contribution is 0.268. The molecule has 5 nitrogen and oxygen atoms in total. The van der Waals surface area contributed by atoms with E-state index < -0.39 is 0 Å². The average Bonchev–Trinajstić information content (AvgIpc) is 2.88. The molecule has 0 atom stereocenters. The van der Waals surface area contributed by atoms with Gasteiger partial charge >= 0.3 is 0 Å². The van der Waals surface area contributed by atoms with Crippen LogP contribution in [0, 0.1) is 0 Å². The van der Waals surface area contributed by atoms with Gasteiger partial charge in [0.2, 0.25) is 11.8 Å². The maximum absolute atomic E-state index is 6.17. The van der Waals surface area contributed by atoms with Gasteiger partial charge in [-0.2, -0.15) is 4.98 Å². The molecule has 168 valence electrons. The lowest BCUT2D eigenvalue weighted by atomic mass is 10.0. The number of ether oxygens (including phenoxy) is 3. The summed E-state index contributed by atoms with van der Waals surface area (Å²) in [5.74, 6) is 1.82. The predicted octanol–water partition coefficient (Wildman–Crippen LogP) is 5.76. The van der Waals surface area contributed by atoms with E-state index in [1.807, 2.05) is 97.9 Å². The van der Waals surface area contributed by atoms with E-state index in [0.29, 0.717) is 38.1 Å². The summed E-state index contributed by atoms with van der Waals surface area (Å²) in [6.45, 7) is 3.78. The first-order valence-corrected chi connectivity index (χ1v) is 11.1. The molecule has 0 fully saturated rings. The molecule has 0 radical (unpaired) electrons. The van der Waals surface area contributed by atoms with Gasteiger partial charge in [-0.1, -0.05) is 66.7 Å². The van der Waals surface area contributed by atoms with Crippen LogP contribution in [-0.2, 0) is 19.8 Å². The number of benzene rings is 3. The van der Waals surface area contributed by atoms with Gasteiger partial charge in [0.1, 0.15) is 19.0 Å². The fraction of sp³-hybridized carbons (Fsp3) is 0.179. The third kappa shape index (κ3) is 5.90. The Hall–Kier alpha value is -3.83. The molecule has 0 aliphatic carbocycles. The predicted molar refractivity (Wildman–Crippen MR) is 130 cm³/mol. The summed E-state index contributed by atoms with van der Waals surface area (Å²) in [7, 11) is 0. The quantitative estimate of drug-likeness (QED) is 0.339. The molecule has 4 aromatic rings. The van der Waals surface area contributed by atoms with E-state index in [9.17, 15) is 0 Å². The molecular weight excluding hydrogens is 412 g/mol. The number of hydrogen-bond acceptors (Lipinski definition) is 5. The fourth-order valence-electron chi connectivity index (χ4n) is 3.49. The molecule has 0 aliphatic heterocycles. The zero-order chi connectivity index (χ0) is 22.9. The Bertz CT molecular complexity index is 1160. The second-order valence-electron chi connectivity index (χ2n) is 7.51. The van der Waals surface area contributed by atoms with Crippen molar-refractivity contribution in [1.29, 1.82) is 0 Å². The van der Waals surface area contributed by atoms with Crippen molar-refractivity contribution in [2.75, 3.05) is 6.61 Å². The Kier molecular flexibility index (Phi) is 7.56. The van der Waals surface area contributed by atoms with E-state index >= 15 is 0 Å². The molecule has 3 aromatic carbocycles. The zero-order valence-corrected chi connectivity index (χ0v) is 18.7. The molecule has 1 heterocycles. The van der Waals surface area contributed by atoms with Crippen LogP contribution >= 0.6 is 0 Å².